The number of hydrogen-bond acceptors (Lipinski definition) is 1. The molecule has 0 radical (unpaired) electrons. The summed E-state index contributed by atoms with van der Waals surface area (Å²) < 4.78 is 6.20. The summed E-state index contributed by atoms with van der Waals surface area (Å²) in [6, 6.07) is 21.5. The lowest BCUT2D eigenvalue weighted by atomic mass is 10.3. The summed E-state index contributed by atoms with van der Waals surface area (Å²) in [5, 5.41) is 2.72. The second kappa shape index (κ2) is 6.18. The van der Waals surface area contributed by atoms with Crippen LogP contribution in [-0.2, 0) is 4.43 Å². The van der Waals surface area contributed by atoms with Crippen molar-refractivity contribution in [3.05, 3.63) is 60.7 Å². The van der Waals surface area contributed by atoms with Crippen molar-refractivity contribution in [2.45, 2.75) is 25.8 Å². The van der Waals surface area contributed by atoms with E-state index in [1.807, 2.05) is 7.11 Å². The molecule has 19 heavy (non-hydrogen) atoms. The molecule has 0 amide bonds. The summed E-state index contributed by atoms with van der Waals surface area (Å²) in [5.74, 6) is 0. The predicted molar refractivity (Wildman–Crippen MR) is 84.6 cm³/mol. The van der Waals surface area contributed by atoms with Gasteiger partial charge in [-0.25, -0.2) is 0 Å². The zero-order valence-corrected chi connectivity index (χ0v) is 13.0. The molecule has 1 atom stereocenters. The molecule has 0 N–H and O–H groups in total. The van der Waals surface area contributed by atoms with Crippen molar-refractivity contribution in [1.29, 1.82) is 0 Å². The van der Waals surface area contributed by atoms with Crippen molar-refractivity contribution in [1.82, 2.24) is 0 Å². The maximum absolute atomic E-state index is 6.20. The van der Waals surface area contributed by atoms with Gasteiger partial charge in [-0.3, -0.25) is 0 Å². The smallest absolute Gasteiger partial charge is 0.258 e. The lowest BCUT2D eigenvalue weighted by molar-refractivity contribution is 0.402. The van der Waals surface area contributed by atoms with E-state index in [1.54, 1.807) is 0 Å². The molecule has 0 spiro atoms. The van der Waals surface area contributed by atoms with Crippen molar-refractivity contribution >= 4 is 18.7 Å². The van der Waals surface area contributed by atoms with Crippen LogP contribution in [0.25, 0.3) is 0 Å². The number of rotatable bonds is 5. The lowest BCUT2D eigenvalue weighted by Gasteiger charge is -2.36. The summed E-state index contributed by atoms with van der Waals surface area (Å²) in [5.41, 5.74) is 0.544. The van der Waals surface area contributed by atoms with Crippen molar-refractivity contribution in [2.75, 3.05) is 7.11 Å². The Morgan fingerprint density at radius 3 is 1.63 bits per heavy atom. The summed E-state index contributed by atoms with van der Waals surface area (Å²) >= 11 is 0. The topological polar surface area (TPSA) is 9.23 Å². The molecule has 0 aliphatic rings. The highest BCUT2D eigenvalue weighted by Gasteiger charge is 2.42. The first-order valence-electron chi connectivity index (χ1n) is 6.92. The van der Waals surface area contributed by atoms with Gasteiger partial charge in [-0.1, -0.05) is 80.9 Å². The van der Waals surface area contributed by atoms with Crippen LogP contribution in [-0.4, -0.2) is 15.4 Å². The van der Waals surface area contributed by atoms with Crippen LogP contribution in [0, 0.1) is 0 Å². The van der Waals surface area contributed by atoms with E-state index in [9.17, 15) is 0 Å². The molecule has 0 saturated carbocycles. The van der Waals surface area contributed by atoms with Crippen LogP contribution in [0.1, 0.15) is 20.3 Å². The lowest BCUT2D eigenvalue weighted by Crippen LogP contribution is -2.62. The summed E-state index contributed by atoms with van der Waals surface area (Å²) in [7, 11) is -0.252. The Morgan fingerprint density at radius 1 is 0.895 bits per heavy atom. The molecule has 0 fully saturated rings. The van der Waals surface area contributed by atoms with E-state index >= 15 is 0 Å². The van der Waals surface area contributed by atoms with Gasteiger partial charge in [-0.05, 0) is 15.9 Å². The minimum atomic E-state index is -2.13. The molecule has 0 bridgehead atoms. The second-order valence-corrected chi connectivity index (χ2v) is 9.00. The van der Waals surface area contributed by atoms with Crippen LogP contribution < -0.4 is 10.4 Å². The second-order valence-electron chi connectivity index (χ2n) is 4.98. The fourth-order valence-electron chi connectivity index (χ4n) is 2.83. The molecule has 100 valence electrons. The van der Waals surface area contributed by atoms with Gasteiger partial charge < -0.3 is 4.43 Å². The molecule has 2 heteroatoms. The average molecular weight is 270 g/mol. The first kappa shape index (κ1) is 14.0. The predicted octanol–water partition coefficient (Wildman–Crippen LogP) is 3.19. The Kier molecular flexibility index (Phi) is 4.56. The van der Waals surface area contributed by atoms with Gasteiger partial charge in [0.25, 0.3) is 8.32 Å². The molecule has 2 rings (SSSR count). The van der Waals surface area contributed by atoms with E-state index in [0.29, 0.717) is 5.54 Å². The molecule has 0 heterocycles. The van der Waals surface area contributed by atoms with Crippen LogP contribution in [0.2, 0.25) is 5.54 Å². The van der Waals surface area contributed by atoms with Crippen molar-refractivity contribution in [3.8, 4) is 0 Å². The quantitative estimate of drug-likeness (QED) is 0.758. The van der Waals surface area contributed by atoms with E-state index in [0.717, 1.165) is 6.42 Å². The zero-order chi connectivity index (χ0) is 13.7. The van der Waals surface area contributed by atoms with Crippen LogP contribution in [0.5, 0.6) is 0 Å². The molecule has 0 saturated heterocycles. The van der Waals surface area contributed by atoms with E-state index in [2.05, 4.69) is 74.5 Å². The van der Waals surface area contributed by atoms with E-state index in [4.69, 9.17) is 4.43 Å². The molecular weight excluding hydrogens is 248 g/mol. The summed E-state index contributed by atoms with van der Waals surface area (Å²) in [6.07, 6.45) is 1.13. The maximum Gasteiger partial charge on any atom is 0.258 e. The van der Waals surface area contributed by atoms with Gasteiger partial charge in [0.1, 0.15) is 0 Å². The molecule has 0 aliphatic heterocycles. The van der Waals surface area contributed by atoms with Crippen LogP contribution in [0.4, 0.5) is 0 Å². The van der Waals surface area contributed by atoms with Crippen molar-refractivity contribution in [3.63, 3.8) is 0 Å². The third-order valence-corrected chi connectivity index (χ3v) is 8.86. The highest BCUT2D eigenvalue weighted by molar-refractivity contribution is 6.98. The normalized spacial score (nSPS) is 13.2. The molecule has 1 nitrogen and oxygen atoms in total. The van der Waals surface area contributed by atoms with E-state index < -0.39 is 8.32 Å². The van der Waals surface area contributed by atoms with E-state index in [1.165, 1.54) is 10.4 Å². The van der Waals surface area contributed by atoms with Gasteiger partial charge >= 0.3 is 0 Å². The molecule has 1 unspecified atom stereocenters. The Bertz CT molecular complexity index is 456. The molecule has 2 aromatic rings. The van der Waals surface area contributed by atoms with E-state index in [-0.39, 0.29) is 0 Å². The van der Waals surface area contributed by atoms with Crippen molar-refractivity contribution < 1.29 is 4.43 Å². The fourth-order valence-corrected chi connectivity index (χ4v) is 7.13. The minimum absolute atomic E-state index is 0.544. The molecule has 0 aliphatic carbocycles. The summed E-state index contributed by atoms with van der Waals surface area (Å²) in [6.45, 7) is 4.56. The average Bonchev–Trinajstić information content (AvgIpc) is 2.50. The highest BCUT2D eigenvalue weighted by Crippen LogP contribution is 2.25. The first-order valence-corrected chi connectivity index (χ1v) is 8.90. The zero-order valence-electron chi connectivity index (χ0n) is 12.0. The molecule has 2 aromatic carbocycles. The third-order valence-electron chi connectivity index (χ3n) is 4.03. The van der Waals surface area contributed by atoms with Gasteiger partial charge in [0.05, 0.1) is 0 Å². The molecular formula is C17H22OSi. The van der Waals surface area contributed by atoms with Crippen molar-refractivity contribution in [2.24, 2.45) is 0 Å². The Morgan fingerprint density at radius 2 is 1.32 bits per heavy atom. The van der Waals surface area contributed by atoms with Gasteiger partial charge in [-0.2, -0.15) is 0 Å². The molecule has 0 aromatic heterocycles. The first-order chi connectivity index (χ1) is 9.25. The number of benzene rings is 2. The fraction of sp³-hybridized carbons (Fsp3) is 0.294. The van der Waals surface area contributed by atoms with Crippen LogP contribution >= 0.6 is 0 Å². The monoisotopic (exact) mass is 270 g/mol. The highest BCUT2D eigenvalue weighted by atomic mass is 28.4. The standard InChI is InChI=1S/C17H22OSi/c1-4-15(2)19(18-3,16-11-7-5-8-12-16)17-13-9-6-10-14-17/h5-15H,4H2,1-3H3. The van der Waals surface area contributed by atoms with Crippen LogP contribution in [0.3, 0.4) is 0 Å². The van der Waals surface area contributed by atoms with Gasteiger partial charge in [-0.15, -0.1) is 0 Å². The SMILES string of the molecule is CCC(C)[Si](OC)(c1ccccc1)c1ccccc1. The van der Waals surface area contributed by atoms with Gasteiger partial charge in [0.2, 0.25) is 0 Å². The summed E-state index contributed by atoms with van der Waals surface area (Å²) in [4.78, 5) is 0. The number of hydrogen-bond donors (Lipinski definition) is 0. The Hall–Kier alpha value is -1.38. The largest absolute Gasteiger partial charge is 0.411 e. The minimum Gasteiger partial charge on any atom is -0.411 e. The van der Waals surface area contributed by atoms with Gasteiger partial charge in [0.15, 0.2) is 0 Å². The maximum atomic E-state index is 6.20. The Labute approximate surface area is 117 Å². The van der Waals surface area contributed by atoms with Crippen LogP contribution in [0.15, 0.2) is 60.7 Å². The third kappa shape index (κ3) is 2.51. The van der Waals surface area contributed by atoms with Gasteiger partial charge in [0, 0.05) is 7.11 Å². The Balaban J connectivity index is 2.62.